The van der Waals surface area contributed by atoms with Crippen LogP contribution in [-0.4, -0.2) is 28.2 Å². The van der Waals surface area contributed by atoms with Crippen LogP contribution in [0.2, 0.25) is 0 Å². The van der Waals surface area contributed by atoms with Crippen molar-refractivity contribution in [3.05, 3.63) is 29.5 Å². The van der Waals surface area contributed by atoms with Crippen molar-refractivity contribution in [3.63, 3.8) is 0 Å². The number of amides is 1. The fraction of sp³-hybridized carbons (Fsp3) is 0.655. The molecule has 196 valence electrons. The fourth-order valence-corrected chi connectivity index (χ4v) is 4.83. The molecule has 0 fully saturated rings. The summed E-state index contributed by atoms with van der Waals surface area (Å²) >= 11 is 0. The van der Waals surface area contributed by atoms with Crippen molar-refractivity contribution in [2.45, 2.75) is 117 Å². The molecule has 0 saturated carbocycles. The second-order valence-electron chi connectivity index (χ2n) is 9.77. The number of nitrogens with zero attached hydrogens (tertiary/aromatic N) is 1. The second kappa shape index (κ2) is 16.2. The van der Waals surface area contributed by atoms with E-state index in [1.807, 2.05) is 18.2 Å². The van der Waals surface area contributed by atoms with Gasteiger partial charge in [-0.05, 0) is 43.5 Å². The van der Waals surface area contributed by atoms with Gasteiger partial charge in [0, 0.05) is 29.6 Å². The van der Waals surface area contributed by atoms with E-state index in [0.717, 1.165) is 35.1 Å². The Morgan fingerprint density at radius 3 is 2.09 bits per heavy atom. The first-order valence-corrected chi connectivity index (χ1v) is 13.7. The largest absolute Gasteiger partial charge is 0.494 e. The summed E-state index contributed by atoms with van der Waals surface area (Å²) in [5.74, 6) is -0.472. The maximum Gasteiger partial charge on any atom is 0.303 e. The Bertz CT molecular complexity index is 919. The Hall–Kier alpha value is -2.50. The van der Waals surface area contributed by atoms with Crippen molar-refractivity contribution in [1.29, 1.82) is 0 Å². The molecule has 0 spiro atoms. The first-order valence-electron chi connectivity index (χ1n) is 13.7. The fourth-order valence-electron chi connectivity index (χ4n) is 4.83. The molecule has 1 amide bonds. The van der Waals surface area contributed by atoms with Crippen LogP contribution in [0.3, 0.4) is 0 Å². The number of aliphatic carboxylic acids is 1. The molecular formula is C29H46N2O4. The van der Waals surface area contributed by atoms with E-state index in [1.165, 1.54) is 70.6 Å². The first kappa shape index (κ1) is 28.7. The third kappa shape index (κ3) is 10.3. The van der Waals surface area contributed by atoms with Crippen LogP contribution in [0.4, 0.5) is 0 Å². The van der Waals surface area contributed by atoms with Gasteiger partial charge in [-0.25, -0.2) is 0 Å². The molecule has 35 heavy (non-hydrogen) atoms. The Morgan fingerprint density at radius 2 is 1.51 bits per heavy atom. The molecule has 0 atom stereocenters. The molecule has 6 nitrogen and oxygen atoms in total. The van der Waals surface area contributed by atoms with Crippen molar-refractivity contribution in [1.82, 2.24) is 4.57 Å². The number of aryl methyl sites for hydroxylation is 1. The van der Waals surface area contributed by atoms with Gasteiger partial charge >= 0.3 is 5.97 Å². The number of fused-ring (bicyclic) bond motifs is 1. The van der Waals surface area contributed by atoms with Crippen LogP contribution in [0.5, 0.6) is 5.75 Å². The van der Waals surface area contributed by atoms with Gasteiger partial charge < -0.3 is 20.1 Å². The van der Waals surface area contributed by atoms with E-state index in [4.69, 9.17) is 15.6 Å². The van der Waals surface area contributed by atoms with Crippen LogP contribution in [0.15, 0.2) is 18.2 Å². The minimum Gasteiger partial charge on any atom is -0.494 e. The van der Waals surface area contributed by atoms with Gasteiger partial charge in [0.15, 0.2) is 0 Å². The van der Waals surface area contributed by atoms with E-state index < -0.39 is 5.97 Å². The molecule has 0 saturated heterocycles. The van der Waals surface area contributed by atoms with Crippen LogP contribution in [0.1, 0.15) is 108 Å². The number of hydrogen-bond donors (Lipinski definition) is 2. The number of rotatable bonds is 20. The smallest absolute Gasteiger partial charge is 0.303 e. The highest BCUT2D eigenvalue weighted by Crippen LogP contribution is 2.30. The predicted molar refractivity (Wildman–Crippen MR) is 143 cm³/mol. The van der Waals surface area contributed by atoms with Gasteiger partial charge in [-0.3, -0.25) is 9.59 Å². The van der Waals surface area contributed by atoms with Crippen LogP contribution in [0.25, 0.3) is 10.9 Å². The number of aromatic nitrogens is 1. The lowest BCUT2D eigenvalue weighted by molar-refractivity contribution is -0.137. The number of hydrogen-bond acceptors (Lipinski definition) is 3. The third-order valence-corrected chi connectivity index (χ3v) is 6.82. The van der Waals surface area contributed by atoms with Gasteiger partial charge in [-0.2, -0.15) is 0 Å². The average Bonchev–Trinajstić information content (AvgIpc) is 3.07. The second-order valence-corrected chi connectivity index (χ2v) is 9.77. The molecule has 0 radical (unpaired) electrons. The number of unbranched alkanes of at least 4 members (excludes halogenated alkanes) is 11. The number of benzene rings is 1. The number of carboxylic acid groups (broad SMARTS) is 1. The summed E-state index contributed by atoms with van der Waals surface area (Å²) in [6.45, 7) is 5.60. The molecule has 0 aliphatic carbocycles. The van der Waals surface area contributed by atoms with E-state index in [0.29, 0.717) is 18.8 Å². The van der Waals surface area contributed by atoms with E-state index in [-0.39, 0.29) is 18.7 Å². The van der Waals surface area contributed by atoms with Gasteiger partial charge in [0.25, 0.3) is 0 Å². The van der Waals surface area contributed by atoms with Gasteiger partial charge in [0.1, 0.15) is 5.75 Å². The van der Waals surface area contributed by atoms with Gasteiger partial charge in [-0.15, -0.1) is 0 Å². The summed E-state index contributed by atoms with van der Waals surface area (Å²) in [7, 11) is 0. The number of carbonyl (C=O) groups is 2. The Morgan fingerprint density at radius 1 is 0.914 bits per heavy atom. The minimum absolute atomic E-state index is 0.0870. The number of ether oxygens (including phenoxy) is 1. The maximum absolute atomic E-state index is 11.7. The Balaban J connectivity index is 1.85. The van der Waals surface area contributed by atoms with E-state index in [9.17, 15) is 9.59 Å². The predicted octanol–water partition coefficient (Wildman–Crippen LogP) is 6.92. The molecule has 0 aliphatic rings. The monoisotopic (exact) mass is 486 g/mol. The maximum atomic E-state index is 11.7. The summed E-state index contributed by atoms with van der Waals surface area (Å²) in [6, 6.07) is 5.93. The zero-order valence-electron chi connectivity index (χ0n) is 21.9. The van der Waals surface area contributed by atoms with Crippen molar-refractivity contribution in [2.75, 3.05) is 6.61 Å². The molecule has 1 aromatic carbocycles. The molecule has 1 heterocycles. The zero-order chi connectivity index (χ0) is 25.5. The lowest BCUT2D eigenvalue weighted by Crippen LogP contribution is -2.14. The summed E-state index contributed by atoms with van der Waals surface area (Å²) < 4.78 is 8.07. The van der Waals surface area contributed by atoms with Crippen molar-refractivity contribution in [3.8, 4) is 5.75 Å². The van der Waals surface area contributed by atoms with Crippen molar-refractivity contribution in [2.24, 2.45) is 5.73 Å². The Kier molecular flexibility index (Phi) is 13.3. The quantitative estimate of drug-likeness (QED) is 0.199. The van der Waals surface area contributed by atoms with Gasteiger partial charge in [-0.1, -0.05) is 77.6 Å². The molecule has 2 aromatic rings. The number of carboxylic acids is 1. The van der Waals surface area contributed by atoms with Crippen molar-refractivity contribution >= 4 is 22.8 Å². The molecule has 2 rings (SSSR count). The van der Waals surface area contributed by atoms with Crippen LogP contribution in [-0.2, 0) is 22.6 Å². The number of nitrogens with two attached hydrogens (primary N) is 1. The van der Waals surface area contributed by atoms with Gasteiger partial charge in [0.2, 0.25) is 5.91 Å². The summed E-state index contributed by atoms with van der Waals surface area (Å²) in [4.78, 5) is 22.4. The molecular weight excluding hydrogens is 440 g/mol. The normalized spacial score (nSPS) is 11.3. The van der Waals surface area contributed by atoms with Gasteiger partial charge in [0.05, 0.1) is 13.0 Å². The molecule has 0 aliphatic heterocycles. The molecule has 1 aromatic heterocycles. The van der Waals surface area contributed by atoms with E-state index in [1.54, 1.807) is 0 Å². The lowest BCUT2D eigenvalue weighted by Gasteiger charge is -2.10. The topological polar surface area (TPSA) is 94.5 Å². The van der Waals surface area contributed by atoms with E-state index in [2.05, 4.69) is 18.4 Å². The van der Waals surface area contributed by atoms with Crippen LogP contribution < -0.4 is 10.5 Å². The molecule has 6 heteroatoms. The summed E-state index contributed by atoms with van der Waals surface area (Å²) in [5, 5.41) is 9.79. The molecule has 3 N–H and O–H groups in total. The van der Waals surface area contributed by atoms with Crippen molar-refractivity contribution < 1.29 is 19.4 Å². The highest BCUT2D eigenvalue weighted by molar-refractivity contribution is 5.91. The highest BCUT2D eigenvalue weighted by atomic mass is 16.5. The average molecular weight is 487 g/mol. The molecule has 0 bridgehead atoms. The number of primary amides is 1. The SMILES string of the molecule is CCCCCCCCCCCCCCn1c(C)c(CC(N)=O)c2cc(OCCCC(=O)O)ccc21. The van der Waals surface area contributed by atoms with E-state index >= 15 is 0 Å². The summed E-state index contributed by atoms with van der Waals surface area (Å²) in [5.41, 5.74) is 8.69. The first-order chi connectivity index (χ1) is 16.9. The standard InChI is InChI=1S/C29H46N2O4/c1-3-4-5-6-7-8-9-10-11-12-13-14-19-31-23(2)25(22-28(30)32)26-21-24(17-18-27(26)31)35-20-15-16-29(33)34/h17-18,21H,3-16,19-20,22H2,1-2H3,(H2,30,32)(H,33,34). The Labute approximate surface area is 211 Å². The van der Waals surface area contributed by atoms with Crippen LogP contribution >= 0.6 is 0 Å². The highest BCUT2D eigenvalue weighted by Gasteiger charge is 2.16. The number of carbonyl (C=O) groups excluding carboxylic acids is 1. The summed E-state index contributed by atoms with van der Waals surface area (Å²) in [6.07, 6.45) is 16.6. The third-order valence-electron chi connectivity index (χ3n) is 6.82. The lowest BCUT2D eigenvalue weighted by atomic mass is 10.1. The zero-order valence-corrected chi connectivity index (χ0v) is 21.9. The minimum atomic E-state index is -0.821. The van der Waals surface area contributed by atoms with Crippen LogP contribution in [0, 0.1) is 6.92 Å². The molecule has 0 unspecified atom stereocenters.